The Kier molecular flexibility index (Phi) is 4.76. The van der Waals surface area contributed by atoms with Crippen LogP contribution >= 0.6 is 15.9 Å². The highest BCUT2D eigenvalue weighted by atomic mass is 79.9. The molecular weight excluding hydrogens is 297 g/mol. The molecule has 1 aromatic rings. The number of hydrogen-bond acceptors (Lipinski definition) is 2. The molecule has 0 unspecified atom stereocenters. The summed E-state index contributed by atoms with van der Waals surface area (Å²) >= 11 is 3.44. The molecule has 0 aliphatic heterocycles. The van der Waals surface area contributed by atoms with Crippen LogP contribution in [-0.2, 0) is 11.2 Å². The van der Waals surface area contributed by atoms with E-state index in [4.69, 9.17) is 4.74 Å². The maximum atomic E-state index is 13.0. The standard InChI is InChI=1S/C14H19BrFNO/c1-18-7-6-17-10-14(4-5-14)9-11-2-3-12(16)8-13(11)15/h2-3,8,17H,4-7,9-10H2,1H3. The van der Waals surface area contributed by atoms with Crippen molar-refractivity contribution in [3.05, 3.63) is 34.1 Å². The van der Waals surface area contributed by atoms with Crippen molar-refractivity contribution in [3.8, 4) is 0 Å². The van der Waals surface area contributed by atoms with Crippen LogP contribution in [0.4, 0.5) is 4.39 Å². The topological polar surface area (TPSA) is 21.3 Å². The van der Waals surface area contributed by atoms with Crippen LogP contribution in [0.1, 0.15) is 18.4 Å². The summed E-state index contributed by atoms with van der Waals surface area (Å²) in [5.41, 5.74) is 1.57. The lowest BCUT2D eigenvalue weighted by molar-refractivity contribution is 0.197. The third-order valence-corrected chi connectivity index (χ3v) is 4.26. The number of ether oxygens (including phenoxy) is 1. The van der Waals surface area contributed by atoms with Crippen molar-refractivity contribution in [1.29, 1.82) is 0 Å². The summed E-state index contributed by atoms with van der Waals surface area (Å²) in [7, 11) is 1.71. The smallest absolute Gasteiger partial charge is 0.124 e. The van der Waals surface area contributed by atoms with E-state index in [1.165, 1.54) is 24.5 Å². The first-order chi connectivity index (χ1) is 8.65. The van der Waals surface area contributed by atoms with Gasteiger partial charge in [-0.25, -0.2) is 4.39 Å². The number of hydrogen-bond donors (Lipinski definition) is 1. The van der Waals surface area contributed by atoms with E-state index in [1.54, 1.807) is 13.2 Å². The first-order valence-electron chi connectivity index (χ1n) is 6.29. The average Bonchev–Trinajstić information content (AvgIpc) is 3.09. The van der Waals surface area contributed by atoms with Crippen molar-refractivity contribution >= 4 is 15.9 Å². The molecule has 18 heavy (non-hydrogen) atoms. The van der Waals surface area contributed by atoms with E-state index in [1.807, 2.05) is 6.07 Å². The Bertz CT molecular complexity index is 407. The molecule has 1 aromatic carbocycles. The third-order valence-electron chi connectivity index (χ3n) is 3.52. The summed E-state index contributed by atoms with van der Waals surface area (Å²) in [5.74, 6) is -0.186. The van der Waals surface area contributed by atoms with Crippen LogP contribution in [0.15, 0.2) is 22.7 Å². The van der Waals surface area contributed by atoms with Gasteiger partial charge in [0.1, 0.15) is 5.82 Å². The Hall–Kier alpha value is -0.450. The van der Waals surface area contributed by atoms with Crippen molar-refractivity contribution in [3.63, 3.8) is 0 Å². The second kappa shape index (κ2) is 6.13. The Morgan fingerprint density at radius 2 is 2.22 bits per heavy atom. The van der Waals surface area contributed by atoms with Gasteiger partial charge in [0.2, 0.25) is 0 Å². The first kappa shape index (κ1) is 14.0. The van der Waals surface area contributed by atoms with E-state index in [2.05, 4.69) is 21.2 Å². The van der Waals surface area contributed by atoms with E-state index in [0.29, 0.717) is 5.41 Å². The molecule has 1 aliphatic rings. The highest BCUT2D eigenvalue weighted by Gasteiger charge is 2.42. The maximum Gasteiger partial charge on any atom is 0.124 e. The number of benzene rings is 1. The lowest BCUT2D eigenvalue weighted by Gasteiger charge is -2.17. The second-order valence-electron chi connectivity index (χ2n) is 5.08. The number of methoxy groups -OCH3 is 1. The molecule has 0 aromatic heterocycles. The van der Waals surface area contributed by atoms with Crippen LogP contribution in [-0.4, -0.2) is 26.8 Å². The SMILES string of the molecule is COCCNCC1(Cc2ccc(F)cc2Br)CC1. The van der Waals surface area contributed by atoms with Crippen molar-refractivity contribution < 1.29 is 9.13 Å². The Morgan fingerprint density at radius 1 is 1.44 bits per heavy atom. The molecule has 1 saturated carbocycles. The van der Waals surface area contributed by atoms with Gasteiger partial charge in [-0.3, -0.25) is 0 Å². The van der Waals surface area contributed by atoms with E-state index in [0.717, 1.165) is 30.6 Å². The molecule has 0 spiro atoms. The molecule has 1 N–H and O–H groups in total. The zero-order valence-corrected chi connectivity index (χ0v) is 12.2. The van der Waals surface area contributed by atoms with Gasteiger partial charge in [0.05, 0.1) is 6.61 Å². The molecule has 0 bridgehead atoms. The molecule has 2 rings (SSSR count). The van der Waals surface area contributed by atoms with Gasteiger partial charge in [-0.1, -0.05) is 22.0 Å². The van der Waals surface area contributed by atoms with Gasteiger partial charge in [0.25, 0.3) is 0 Å². The minimum atomic E-state index is -0.186. The zero-order chi connectivity index (χ0) is 13.0. The van der Waals surface area contributed by atoms with E-state index < -0.39 is 0 Å². The van der Waals surface area contributed by atoms with Crippen LogP contribution in [0.3, 0.4) is 0 Å². The minimum Gasteiger partial charge on any atom is -0.383 e. The molecule has 0 heterocycles. The summed E-state index contributed by atoms with van der Waals surface area (Å²) in [6.07, 6.45) is 3.50. The number of nitrogens with one attached hydrogen (secondary N) is 1. The monoisotopic (exact) mass is 315 g/mol. The predicted octanol–water partition coefficient (Wildman–Crippen LogP) is 3.15. The second-order valence-corrected chi connectivity index (χ2v) is 5.94. The fourth-order valence-electron chi connectivity index (χ4n) is 2.19. The maximum absolute atomic E-state index is 13.0. The summed E-state index contributed by atoms with van der Waals surface area (Å²) in [5, 5.41) is 3.43. The number of halogens is 2. The Balaban J connectivity index is 1.88. The molecule has 100 valence electrons. The van der Waals surface area contributed by atoms with Gasteiger partial charge in [-0.2, -0.15) is 0 Å². The summed E-state index contributed by atoms with van der Waals surface area (Å²) in [6, 6.07) is 4.97. The van der Waals surface area contributed by atoms with Gasteiger partial charge >= 0.3 is 0 Å². The quantitative estimate of drug-likeness (QED) is 0.780. The van der Waals surface area contributed by atoms with Crippen LogP contribution in [0.25, 0.3) is 0 Å². The molecule has 0 atom stereocenters. The fraction of sp³-hybridized carbons (Fsp3) is 0.571. The zero-order valence-electron chi connectivity index (χ0n) is 10.6. The van der Waals surface area contributed by atoms with Gasteiger partial charge in [-0.05, 0) is 42.4 Å². The summed E-state index contributed by atoms with van der Waals surface area (Å²) < 4.78 is 18.9. The minimum absolute atomic E-state index is 0.186. The van der Waals surface area contributed by atoms with Gasteiger partial charge in [0.15, 0.2) is 0 Å². The van der Waals surface area contributed by atoms with E-state index in [9.17, 15) is 4.39 Å². The summed E-state index contributed by atoms with van der Waals surface area (Å²) in [4.78, 5) is 0. The molecule has 1 fully saturated rings. The molecular formula is C14H19BrFNO. The molecule has 0 amide bonds. The van der Waals surface area contributed by atoms with Crippen molar-refractivity contribution in [1.82, 2.24) is 5.32 Å². The third kappa shape index (κ3) is 3.77. The average molecular weight is 316 g/mol. The Labute approximate surface area is 116 Å². The van der Waals surface area contributed by atoms with Gasteiger partial charge < -0.3 is 10.1 Å². The lowest BCUT2D eigenvalue weighted by atomic mass is 9.96. The summed E-state index contributed by atoms with van der Waals surface area (Å²) in [6.45, 7) is 2.65. The normalized spacial score (nSPS) is 16.8. The van der Waals surface area contributed by atoms with Crippen molar-refractivity contribution in [2.75, 3.05) is 26.8 Å². The molecule has 4 heteroatoms. The van der Waals surface area contributed by atoms with Crippen molar-refractivity contribution in [2.24, 2.45) is 5.41 Å². The largest absolute Gasteiger partial charge is 0.383 e. The molecule has 1 aliphatic carbocycles. The molecule has 2 nitrogen and oxygen atoms in total. The Morgan fingerprint density at radius 3 is 2.83 bits per heavy atom. The first-order valence-corrected chi connectivity index (χ1v) is 7.08. The van der Waals surface area contributed by atoms with Crippen LogP contribution in [0.5, 0.6) is 0 Å². The van der Waals surface area contributed by atoms with Crippen LogP contribution in [0.2, 0.25) is 0 Å². The van der Waals surface area contributed by atoms with Crippen molar-refractivity contribution in [2.45, 2.75) is 19.3 Å². The molecule has 0 radical (unpaired) electrons. The van der Waals surface area contributed by atoms with Crippen LogP contribution < -0.4 is 5.32 Å². The van der Waals surface area contributed by atoms with E-state index >= 15 is 0 Å². The van der Waals surface area contributed by atoms with E-state index in [-0.39, 0.29) is 5.82 Å². The number of rotatable bonds is 7. The fourth-order valence-corrected chi connectivity index (χ4v) is 2.68. The highest BCUT2D eigenvalue weighted by molar-refractivity contribution is 9.10. The van der Waals surface area contributed by atoms with Gasteiger partial charge in [-0.15, -0.1) is 0 Å². The highest BCUT2D eigenvalue weighted by Crippen LogP contribution is 2.48. The predicted molar refractivity (Wildman–Crippen MR) is 74.2 cm³/mol. The molecule has 0 saturated heterocycles. The lowest BCUT2D eigenvalue weighted by Crippen LogP contribution is -2.28. The van der Waals surface area contributed by atoms with Gasteiger partial charge in [0, 0.05) is 24.7 Å². The van der Waals surface area contributed by atoms with Crippen LogP contribution in [0, 0.1) is 11.2 Å².